The molecule has 1 aliphatic heterocycles. The fraction of sp³-hybridized carbons (Fsp3) is 0.444. The van der Waals surface area contributed by atoms with Gasteiger partial charge in [-0.3, -0.25) is 14.4 Å². The summed E-state index contributed by atoms with van der Waals surface area (Å²) in [6, 6.07) is 16.0. The molecule has 174 valence electrons. The number of hydrogen-bond acceptors (Lipinski definition) is 3. The van der Waals surface area contributed by atoms with Crippen molar-refractivity contribution in [3.8, 4) is 0 Å². The van der Waals surface area contributed by atoms with Gasteiger partial charge in [0, 0.05) is 36.4 Å². The first kappa shape index (κ1) is 23.0. The van der Waals surface area contributed by atoms with Gasteiger partial charge < -0.3 is 15.5 Å². The van der Waals surface area contributed by atoms with Gasteiger partial charge in [-0.2, -0.15) is 0 Å². The molecule has 0 bridgehead atoms. The van der Waals surface area contributed by atoms with Crippen molar-refractivity contribution >= 4 is 23.4 Å². The van der Waals surface area contributed by atoms with Gasteiger partial charge in [0.05, 0.1) is 5.92 Å². The third-order valence-corrected chi connectivity index (χ3v) is 6.79. The van der Waals surface area contributed by atoms with Crippen molar-refractivity contribution in [3.63, 3.8) is 0 Å². The Kier molecular flexibility index (Phi) is 7.76. The number of likely N-dealkylation sites (tertiary alicyclic amines) is 1. The first-order valence-electron chi connectivity index (χ1n) is 12.1. The van der Waals surface area contributed by atoms with Crippen molar-refractivity contribution in [1.29, 1.82) is 0 Å². The van der Waals surface area contributed by atoms with Crippen LogP contribution in [0.3, 0.4) is 0 Å². The minimum absolute atomic E-state index is 0.0688. The van der Waals surface area contributed by atoms with E-state index in [4.69, 9.17) is 0 Å². The molecule has 0 aromatic heterocycles. The van der Waals surface area contributed by atoms with Crippen LogP contribution < -0.4 is 10.6 Å². The maximum absolute atomic E-state index is 13.0. The highest BCUT2D eigenvalue weighted by Crippen LogP contribution is 2.24. The number of rotatable bonds is 6. The zero-order valence-electron chi connectivity index (χ0n) is 19.1. The largest absolute Gasteiger partial charge is 0.356 e. The molecule has 0 spiro atoms. The highest BCUT2D eigenvalue weighted by Gasteiger charge is 2.29. The van der Waals surface area contributed by atoms with Gasteiger partial charge in [0.2, 0.25) is 5.91 Å². The lowest BCUT2D eigenvalue weighted by Gasteiger charge is -2.32. The van der Waals surface area contributed by atoms with Gasteiger partial charge in [-0.1, -0.05) is 37.5 Å². The van der Waals surface area contributed by atoms with Crippen LogP contribution in [0, 0.1) is 11.8 Å². The van der Waals surface area contributed by atoms with Crippen LogP contribution in [-0.4, -0.2) is 42.3 Å². The second-order valence-corrected chi connectivity index (χ2v) is 9.24. The van der Waals surface area contributed by atoms with Gasteiger partial charge in [0.1, 0.15) is 0 Å². The van der Waals surface area contributed by atoms with Crippen molar-refractivity contribution in [2.75, 3.05) is 25.0 Å². The maximum Gasteiger partial charge on any atom is 0.255 e. The van der Waals surface area contributed by atoms with E-state index in [1.165, 1.54) is 32.1 Å². The molecular weight excluding hydrogens is 414 g/mol. The van der Waals surface area contributed by atoms with Gasteiger partial charge in [-0.25, -0.2) is 0 Å². The zero-order valence-corrected chi connectivity index (χ0v) is 19.1. The van der Waals surface area contributed by atoms with E-state index in [1.54, 1.807) is 41.3 Å². The Morgan fingerprint density at radius 1 is 0.818 bits per heavy atom. The SMILES string of the molecule is O=C(Nc1ccc(C(=O)N2CCCC(C(=O)NCC3CCCCC3)C2)cc1)c1ccccc1. The number of nitrogens with one attached hydrogen (secondary N) is 2. The Balaban J connectivity index is 1.29. The molecule has 1 saturated heterocycles. The quantitative estimate of drug-likeness (QED) is 0.685. The van der Waals surface area contributed by atoms with Crippen LogP contribution in [0.5, 0.6) is 0 Å². The van der Waals surface area contributed by atoms with Gasteiger partial charge in [0.25, 0.3) is 11.8 Å². The molecule has 1 heterocycles. The van der Waals surface area contributed by atoms with Crippen LogP contribution in [0.4, 0.5) is 5.69 Å². The van der Waals surface area contributed by atoms with E-state index in [1.807, 2.05) is 18.2 Å². The average Bonchev–Trinajstić information content (AvgIpc) is 2.88. The number of benzene rings is 2. The summed E-state index contributed by atoms with van der Waals surface area (Å²) in [5, 5.41) is 5.99. The van der Waals surface area contributed by atoms with Crippen LogP contribution in [0.25, 0.3) is 0 Å². The van der Waals surface area contributed by atoms with E-state index < -0.39 is 0 Å². The molecule has 0 radical (unpaired) electrons. The van der Waals surface area contributed by atoms with Crippen molar-refractivity contribution in [2.24, 2.45) is 11.8 Å². The molecule has 2 aromatic carbocycles. The molecule has 1 aliphatic carbocycles. The van der Waals surface area contributed by atoms with E-state index in [0.29, 0.717) is 35.8 Å². The Hall–Kier alpha value is -3.15. The van der Waals surface area contributed by atoms with Crippen molar-refractivity contribution in [3.05, 3.63) is 65.7 Å². The summed E-state index contributed by atoms with van der Waals surface area (Å²) in [5.41, 5.74) is 1.79. The minimum atomic E-state index is -0.187. The van der Waals surface area contributed by atoms with E-state index in [9.17, 15) is 14.4 Å². The highest BCUT2D eigenvalue weighted by atomic mass is 16.2. The normalized spacial score (nSPS) is 19.0. The molecule has 6 heteroatoms. The summed E-state index contributed by atoms with van der Waals surface area (Å²) in [4.78, 5) is 39.8. The molecule has 6 nitrogen and oxygen atoms in total. The van der Waals surface area contributed by atoms with E-state index in [-0.39, 0.29) is 23.6 Å². The summed E-state index contributed by atoms with van der Waals surface area (Å²) in [5.74, 6) is 0.284. The number of carbonyl (C=O) groups is 3. The molecule has 1 saturated carbocycles. The fourth-order valence-corrected chi connectivity index (χ4v) is 4.83. The number of nitrogens with zero attached hydrogens (tertiary/aromatic N) is 1. The third kappa shape index (κ3) is 6.21. The molecule has 1 unspecified atom stereocenters. The Morgan fingerprint density at radius 2 is 1.55 bits per heavy atom. The van der Waals surface area contributed by atoms with Crippen LogP contribution in [0.2, 0.25) is 0 Å². The monoisotopic (exact) mass is 447 g/mol. The van der Waals surface area contributed by atoms with Crippen molar-refractivity contribution < 1.29 is 14.4 Å². The van der Waals surface area contributed by atoms with Crippen LogP contribution in [0.15, 0.2) is 54.6 Å². The molecule has 4 rings (SSSR count). The standard InChI is InChI=1S/C27H33N3O3/c31-25(28-18-20-8-3-1-4-9-20)23-12-7-17-30(19-23)27(33)22-13-15-24(16-14-22)29-26(32)21-10-5-2-6-11-21/h2,5-6,10-11,13-16,20,23H,1,3-4,7-9,12,17-19H2,(H,28,31)(H,29,32). The molecular formula is C27H33N3O3. The third-order valence-electron chi connectivity index (χ3n) is 6.79. The highest BCUT2D eigenvalue weighted by molar-refractivity contribution is 6.04. The lowest BCUT2D eigenvalue weighted by Crippen LogP contribution is -2.46. The number of amides is 3. The maximum atomic E-state index is 13.0. The number of anilines is 1. The molecule has 3 amide bonds. The lowest BCUT2D eigenvalue weighted by molar-refractivity contribution is -0.126. The smallest absolute Gasteiger partial charge is 0.255 e. The number of hydrogen-bond donors (Lipinski definition) is 2. The van der Waals surface area contributed by atoms with E-state index in [2.05, 4.69) is 10.6 Å². The topological polar surface area (TPSA) is 78.5 Å². The zero-order chi connectivity index (χ0) is 23.0. The van der Waals surface area contributed by atoms with Crippen molar-refractivity contribution in [2.45, 2.75) is 44.9 Å². The molecule has 1 atom stereocenters. The molecule has 2 N–H and O–H groups in total. The van der Waals surface area contributed by atoms with E-state index >= 15 is 0 Å². The minimum Gasteiger partial charge on any atom is -0.356 e. The Bertz CT molecular complexity index is 952. The fourth-order valence-electron chi connectivity index (χ4n) is 4.83. The Labute approximate surface area is 195 Å². The van der Waals surface area contributed by atoms with Gasteiger partial charge in [0.15, 0.2) is 0 Å². The summed E-state index contributed by atoms with van der Waals surface area (Å²) in [6.45, 7) is 1.89. The summed E-state index contributed by atoms with van der Waals surface area (Å²) < 4.78 is 0. The second-order valence-electron chi connectivity index (χ2n) is 9.24. The van der Waals surface area contributed by atoms with E-state index in [0.717, 1.165) is 19.4 Å². The first-order valence-corrected chi connectivity index (χ1v) is 12.1. The Morgan fingerprint density at radius 3 is 2.27 bits per heavy atom. The first-order chi connectivity index (χ1) is 16.1. The number of piperidine rings is 1. The molecule has 2 aromatic rings. The molecule has 33 heavy (non-hydrogen) atoms. The summed E-state index contributed by atoms with van der Waals surface area (Å²) >= 11 is 0. The van der Waals surface area contributed by atoms with Gasteiger partial charge in [-0.15, -0.1) is 0 Å². The summed E-state index contributed by atoms with van der Waals surface area (Å²) in [6.07, 6.45) is 7.91. The average molecular weight is 448 g/mol. The van der Waals surface area contributed by atoms with Gasteiger partial charge in [-0.05, 0) is 68.0 Å². The predicted octanol–water partition coefficient (Wildman–Crippen LogP) is 4.49. The van der Waals surface area contributed by atoms with Crippen LogP contribution >= 0.6 is 0 Å². The molecule has 2 aliphatic rings. The van der Waals surface area contributed by atoms with Gasteiger partial charge >= 0.3 is 0 Å². The second kappa shape index (κ2) is 11.1. The lowest BCUT2D eigenvalue weighted by atomic mass is 9.89. The van der Waals surface area contributed by atoms with Crippen molar-refractivity contribution in [1.82, 2.24) is 10.2 Å². The molecule has 2 fully saturated rings. The summed E-state index contributed by atoms with van der Waals surface area (Å²) in [7, 11) is 0. The number of carbonyl (C=O) groups excluding carboxylic acids is 3. The predicted molar refractivity (Wildman–Crippen MR) is 129 cm³/mol. The van der Waals surface area contributed by atoms with Crippen LogP contribution in [-0.2, 0) is 4.79 Å². The van der Waals surface area contributed by atoms with Crippen LogP contribution in [0.1, 0.15) is 65.7 Å².